The van der Waals surface area contributed by atoms with E-state index in [9.17, 15) is 0 Å². The Hall–Kier alpha value is -1.97. The summed E-state index contributed by atoms with van der Waals surface area (Å²) in [4.78, 5) is 0. The fraction of sp³-hybridized carbons (Fsp3) is 0.438. The summed E-state index contributed by atoms with van der Waals surface area (Å²) in [5, 5.41) is 8.01. The number of fused-ring (bicyclic) bond motifs is 1. The highest BCUT2D eigenvalue weighted by atomic mass is 16.5. The Morgan fingerprint density at radius 2 is 2.10 bits per heavy atom. The number of hydrogen-bond donors (Lipinski definition) is 1. The Balaban J connectivity index is 1.95. The van der Waals surface area contributed by atoms with Crippen molar-refractivity contribution in [2.75, 3.05) is 5.32 Å². The first-order chi connectivity index (χ1) is 9.44. The van der Waals surface area contributed by atoms with Crippen molar-refractivity contribution in [3.8, 4) is 5.75 Å². The summed E-state index contributed by atoms with van der Waals surface area (Å²) in [6.07, 6.45) is 2.96. The van der Waals surface area contributed by atoms with Crippen LogP contribution < -0.4 is 10.1 Å². The van der Waals surface area contributed by atoms with E-state index in [-0.39, 0.29) is 11.6 Å². The first-order valence-electron chi connectivity index (χ1n) is 6.99. The third-order valence-corrected chi connectivity index (χ3v) is 3.72. The van der Waals surface area contributed by atoms with Crippen molar-refractivity contribution in [1.82, 2.24) is 9.78 Å². The van der Waals surface area contributed by atoms with Gasteiger partial charge in [-0.15, -0.1) is 0 Å². The van der Waals surface area contributed by atoms with Crippen molar-refractivity contribution in [2.45, 2.75) is 38.8 Å². The Kier molecular flexibility index (Phi) is 2.96. The maximum Gasteiger partial charge on any atom is 0.125 e. The van der Waals surface area contributed by atoms with Crippen molar-refractivity contribution in [1.29, 1.82) is 0 Å². The summed E-state index contributed by atoms with van der Waals surface area (Å²) in [6, 6.07) is 8.50. The predicted molar refractivity (Wildman–Crippen MR) is 80.1 cm³/mol. The molecule has 0 spiro atoms. The van der Waals surface area contributed by atoms with E-state index in [1.165, 1.54) is 5.56 Å². The van der Waals surface area contributed by atoms with Crippen LogP contribution in [0.2, 0.25) is 0 Å². The number of nitrogens with one attached hydrogen (secondary N) is 1. The van der Waals surface area contributed by atoms with E-state index in [0.717, 1.165) is 23.6 Å². The molecule has 1 aliphatic heterocycles. The molecule has 0 bridgehead atoms. The number of nitrogens with zero attached hydrogens (tertiary/aromatic N) is 2. The van der Waals surface area contributed by atoms with Gasteiger partial charge in [-0.25, -0.2) is 0 Å². The minimum absolute atomic E-state index is 0.165. The molecule has 2 heterocycles. The molecule has 2 aromatic rings. The highest BCUT2D eigenvalue weighted by Gasteiger charge is 2.33. The van der Waals surface area contributed by atoms with E-state index in [1.807, 2.05) is 37.0 Å². The summed E-state index contributed by atoms with van der Waals surface area (Å²) in [7, 11) is 1.94. The van der Waals surface area contributed by atoms with Crippen LogP contribution in [0.15, 0.2) is 30.5 Å². The van der Waals surface area contributed by atoms with Gasteiger partial charge in [0.2, 0.25) is 0 Å². The molecule has 1 aromatic carbocycles. The molecule has 0 aliphatic carbocycles. The van der Waals surface area contributed by atoms with Gasteiger partial charge in [0.15, 0.2) is 0 Å². The van der Waals surface area contributed by atoms with Gasteiger partial charge in [0.25, 0.3) is 0 Å². The predicted octanol–water partition coefficient (Wildman–Crippen LogP) is 3.44. The van der Waals surface area contributed by atoms with Gasteiger partial charge >= 0.3 is 0 Å². The zero-order chi connectivity index (χ0) is 14.3. The van der Waals surface area contributed by atoms with E-state index >= 15 is 0 Å². The second kappa shape index (κ2) is 4.54. The van der Waals surface area contributed by atoms with Crippen molar-refractivity contribution in [3.63, 3.8) is 0 Å². The highest BCUT2D eigenvalue weighted by molar-refractivity contribution is 5.50. The average Bonchev–Trinajstić information content (AvgIpc) is 2.66. The van der Waals surface area contributed by atoms with Crippen molar-refractivity contribution < 1.29 is 4.74 Å². The Labute approximate surface area is 119 Å². The van der Waals surface area contributed by atoms with Crippen LogP contribution in [0.3, 0.4) is 0 Å². The minimum atomic E-state index is -0.165. The van der Waals surface area contributed by atoms with Crippen LogP contribution in [0.5, 0.6) is 5.75 Å². The third kappa shape index (κ3) is 2.38. The summed E-state index contributed by atoms with van der Waals surface area (Å²) >= 11 is 0. The average molecular weight is 271 g/mol. The van der Waals surface area contributed by atoms with E-state index < -0.39 is 0 Å². The van der Waals surface area contributed by atoms with Crippen LogP contribution >= 0.6 is 0 Å². The molecule has 0 saturated heterocycles. The van der Waals surface area contributed by atoms with Gasteiger partial charge in [-0.3, -0.25) is 4.68 Å². The van der Waals surface area contributed by atoms with E-state index in [2.05, 4.69) is 36.4 Å². The van der Waals surface area contributed by atoms with Crippen LogP contribution in [0.4, 0.5) is 5.69 Å². The molecule has 3 rings (SSSR count). The van der Waals surface area contributed by atoms with Crippen LogP contribution in [-0.4, -0.2) is 15.4 Å². The number of ether oxygens (including phenoxy) is 1. The monoisotopic (exact) mass is 271 g/mol. The number of aromatic nitrogens is 2. The van der Waals surface area contributed by atoms with Crippen molar-refractivity contribution in [3.05, 3.63) is 41.7 Å². The molecular formula is C16H21N3O. The number of hydrogen-bond acceptors (Lipinski definition) is 3. The van der Waals surface area contributed by atoms with Crippen molar-refractivity contribution >= 4 is 5.69 Å². The minimum Gasteiger partial charge on any atom is -0.487 e. The van der Waals surface area contributed by atoms with E-state index in [0.29, 0.717) is 0 Å². The fourth-order valence-electron chi connectivity index (χ4n) is 2.86. The molecular weight excluding hydrogens is 250 g/mol. The summed E-state index contributed by atoms with van der Waals surface area (Å²) in [5.74, 6) is 0.975. The summed E-state index contributed by atoms with van der Waals surface area (Å²) in [5.41, 5.74) is 3.16. The molecule has 4 nitrogen and oxygen atoms in total. The smallest absolute Gasteiger partial charge is 0.125 e. The van der Waals surface area contributed by atoms with Gasteiger partial charge < -0.3 is 10.1 Å². The molecule has 20 heavy (non-hydrogen) atoms. The molecule has 1 aliphatic rings. The van der Waals surface area contributed by atoms with Crippen LogP contribution in [0, 0.1) is 6.92 Å². The molecule has 0 saturated carbocycles. The van der Waals surface area contributed by atoms with Crippen LogP contribution in [-0.2, 0) is 7.05 Å². The van der Waals surface area contributed by atoms with Gasteiger partial charge in [0.05, 0.1) is 17.4 Å². The molecule has 106 valence electrons. The molecule has 4 heteroatoms. The lowest BCUT2D eigenvalue weighted by Crippen LogP contribution is -2.37. The lowest BCUT2D eigenvalue weighted by molar-refractivity contribution is 0.0759. The normalized spacial score (nSPS) is 20.1. The number of para-hydroxylation sites is 1. The molecule has 1 aromatic heterocycles. The first-order valence-corrected chi connectivity index (χ1v) is 6.99. The number of rotatable bonds is 2. The number of anilines is 1. The maximum absolute atomic E-state index is 6.06. The topological polar surface area (TPSA) is 39.1 Å². The molecule has 0 radical (unpaired) electrons. The van der Waals surface area contributed by atoms with Gasteiger partial charge in [-0.2, -0.15) is 5.10 Å². The summed E-state index contributed by atoms with van der Waals surface area (Å²) < 4.78 is 7.90. The standard InChI is InChI=1S/C16H21N3O/c1-11-14(10-19(4)18-11)17-13-9-16(2,3)20-15-8-6-5-7-12(13)15/h5-8,10,13,17H,9H2,1-4H3. The van der Waals surface area contributed by atoms with Crippen LogP contribution in [0.25, 0.3) is 0 Å². The van der Waals surface area contributed by atoms with Crippen molar-refractivity contribution in [2.24, 2.45) is 7.05 Å². The molecule has 1 N–H and O–H groups in total. The highest BCUT2D eigenvalue weighted by Crippen LogP contribution is 2.41. The number of benzene rings is 1. The maximum atomic E-state index is 6.06. The molecule has 0 amide bonds. The SMILES string of the molecule is Cc1nn(C)cc1NC1CC(C)(C)Oc2ccccc21. The van der Waals surface area contributed by atoms with Crippen LogP contribution in [0.1, 0.15) is 37.6 Å². The number of aryl methyl sites for hydroxylation is 2. The fourth-order valence-corrected chi connectivity index (χ4v) is 2.86. The van der Waals surface area contributed by atoms with Gasteiger partial charge in [0, 0.05) is 25.2 Å². The second-order valence-electron chi connectivity index (χ2n) is 6.10. The summed E-state index contributed by atoms with van der Waals surface area (Å²) in [6.45, 7) is 6.29. The second-order valence-corrected chi connectivity index (χ2v) is 6.10. The zero-order valence-electron chi connectivity index (χ0n) is 12.5. The largest absolute Gasteiger partial charge is 0.487 e. The quantitative estimate of drug-likeness (QED) is 0.909. The lowest BCUT2D eigenvalue weighted by Gasteiger charge is -2.38. The molecule has 1 unspecified atom stereocenters. The zero-order valence-corrected chi connectivity index (χ0v) is 12.5. The molecule has 0 fully saturated rings. The first kappa shape index (κ1) is 13.0. The van der Waals surface area contributed by atoms with Gasteiger partial charge in [-0.1, -0.05) is 18.2 Å². The Bertz CT molecular complexity index is 630. The Morgan fingerprint density at radius 3 is 2.80 bits per heavy atom. The van der Waals surface area contributed by atoms with E-state index in [1.54, 1.807) is 0 Å². The van der Waals surface area contributed by atoms with Gasteiger partial charge in [0.1, 0.15) is 11.4 Å². The Morgan fingerprint density at radius 1 is 1.35 bits per heavy atom. The van der Waals surface area contributed by atoms with E-state index in [4.69, 9.17) is 4.74 Å². The third-order valence-electron chi connectivity index (χ3n) is 3.72. The van der Waals surface area contributed by atoms with Gasteiger partial charge in [-0.05, 0) is 26.8 Å². The lowest BCUT2D eigenvalue weighted by atomic mass is 9.89. The molecule has 1 atom stereocenters.